The Morgan fingerprint density at radius 1 is 1.18 bits per heavy atom. The van der Waals surface area contributed by atoms with Crippen molar-refractivity contribution in [1.82, 2.24) is 5.32 Å². The van der Waals surface area contributed by atoms with E-state index in [4.69, 9.17) is 9.47 Å². The molecule has 0 saturated heterocycles. The summed E-state index contributed by atoms with van der Waals surface area (Å²) in [6, 6.07) is 5.43. The van der Waals surface area contributed by atoms with Gasteiger partial charge in [0.2, 0.25) is 0 Å². The Hall–Kier alpha value is -1.07. The van der Waals surface area contributed by atoms with E-state index in [1.807, 2.05) is 6.07 Å². The molecule has 1 N–H and O–H groups in total. The topological polar surface area (TPSA) is 47.6 Å². The summed E-state index contributed by atoms with van der Waals surface area (Å²) in [6.45, 7) is 4.16. The predicted molar refractivity (Wildman–Crippen MR) is 92.6 cm³/mol. The lowest BCUT2D eigenvalue weighted by Gasteiger charge is -2.10. The summed E-state index contributed by atoms with van der Waals surface area (Å²) >= 11 is 3.47. The number of hydrogen-bond acceptors (Lipinski definition) is 3. The number of carbonyl (C=O) groups excluding carboxylic acids is 1. The van der Waals surface area contributed by atoms with E-state index in [9.17, 15) is 4.79 Å². The fraction of sp³-hybridized carbons (Fsp3) is 0.588. The molecule has 0 aliphatic heterocycles. The highest BCUT2D eigenvalue weighted by Gasteiger charge is 2.08. The van der Waals surface area contributed by atoms with E-state index >= 15 is 0 Å². The number of nitrogens with one attached hydrogen (secondary N) is 1. The van der Waals surface area contributed by atoms with Gasteiger partial charge < -0.3 is 14.8 Å². The molecule has 0 saturated carbocycles. The lowest BCUT2D eigenvalue weighted by molar-refractivity contribution is 0.0948. The average Bonchev–Trinajstić information content (AvgIpc) is 2.52. The van der Waals surface area contributed by atoms with Crippen LogP contribution in [0.25, 0.3) is 0 Å². The van der Waals surface area contributed by atoms with Gasteiger partial charge in [0.05, 0.1) is 11.1 Å². The smallest absolute Gasteiger partial charge is 0.251 e. The standard InChI is InChI=1S/C17H26BrNO3/c1-3-4-5-6-12-22-16-9-8-14(13-15(16)18)17(20)19-10-7-11-21-2/h8-9,13H,3-7,10-12H2,1-2H3,(H,19,20). The molecule has 0 atom stereocenters. The highest BCUT2D eigenvalue weighted by atomic mass is 79.9. The van der Waals surface area contributed by atoms with E-state index in [0.717, 1.165) is 23.1 Å². The number of unbranched alkanes of at least 4 members (excludes halogenated alkanes) is 3. The number of benzene rings is 1. The predicted octanol–water partition coefficient (Wildman–Crippen LogP) is 4.17. The van der Waals surface area contributed by atoms with Crippen LogP contribution >= 0.6 is 15.9 Å². The third kappa shape index (κ3) is 7.27. The van der Waals surface area contributed by atoms with Crippen molar-refractivity contribution in [2.24, 2.45) is 0 Å². The molecule has 0 aliphatic carbocycles. The van der Waals surface area contributed by atoms with Crippen LogP contribution in [0.5, 0.6) is 5.75 Å². The first kappa shape index (κ1) is 19.0. The third-order valence-corrected chi connectivity index (χ3v) is 3.88. The first-order chi connectivity index (χ1) is 10.7. The largest absolute Gasteiger partial charge is 0.492 e. The molecule has 0 radical (unpaired) electrons. The Kier molecular flexibility index (Phi) is 9.91. The van der Waals surface area contributed by atoms with Crippen molar-refractivity contribution in [1.29, 1.82) is 0 Å². The second-order valence-electron chi connectivity index (χ2n) is 5.16. The summed E-state index contributed by atoms with van der Waals surface area (Å²) in [5.41, 5.74) is 0.627. The molecule has 4 nitrogen and oxygen atoms in total. The molecule has 0 fully saturated rings. The van der Waals surface area contributed by atoms with Crippen molar-refractivity contribution >= 4 is 21.8 Å². The molecular weight excluding hydrogens is 346 g/mol. The van der Waals surface area contributed by atoms with Crippen LogP contribution in [-0.2, 0) is 4.74 Å². The zero-order valence-corrected chi connectivity index (χ0v) is 15.1. The molecular formula is C17H26BrNO3. The van der Waals surface area contributed by atoms with Crippen LogP contribution in [0.3, 0.4) is 0 Å². The lowest BCUT2D eigenvalue weighted by atomic mass is 10.2. The summed E-state index contributed by atoms with van der Waals surface area (Å²) in [6.07, 6.45) is 5.52. The maximum Gasteiger partial charge on any atom is 0.251 e. The third-order valence-electron chi connectivity index (χ3n) is 3.26. The van der Waals surface area contributed by atoms with Crippen LogP contribution in [-0.4, -0.2) is 32.8 Å². The van der Waals surface area contributed by atoms with Crippen LogP contribution < -0.4 is 10.1 Å². The fourth-order valence-electron chi connectivity index (χ4n) is 1.99. The lowest BCUT2D eigenvalue weighted by Crippen LogP contribution is -2.25. The molecule has 0 heterocycles. The monoisotopic (exact) mass is 371 g/mol. The van der Waals surface area contributed by atoms with Crippen molar-refractivity contribution < 1.29 is 14.3 Å². The second-order valence-corrected chi connectivity index (χ2v) is 6.01. The van der Waals surface area contributed by atoms with Gasteiger partial charge in [0.15, 0.2) is 0 Å². The molecule has 1 rings (SSSR count). The number of hydrogen-bond donors (Lipinski definition) is 1. The Morgan fingerprint density at radius 3 is 2.68 bits per heavy atom. The SMILES string of the molecule is CCCCCCOc1ccc(C(=O)NCCCOC)cc1Br. The number of halogens is 1. The van der Waals surface area contributed by atoms with Gasteiger partial charge in [-0.05, 0) is 47.0 Å². The number of amides is 1. The summed E-state index contributed by atoms with van der Waals surface area (Å²) in [7, 11) is 1.65. The first-order valence-electron chi connectivity index (χ1n) is 7.88. The number of methoxy groups -OCH3 is 1. The van der Waals surface area contributed by atoms with Crippen LogP contribution in [0.4, 0.5) is 0 Å². The zero-order chi connectivity index (χ0) is 16.2. The number of ether oxygens (including phenoxy) is 2. The van der Waals surface area contributed by atoms with Crippen LogP contribution in [0.15, 0.2) is 22.7 Å². The summed E-state index contributed by atoms with van der Waals surface area (Å²) < 4.78 is 11.5. The summed E-state index contributed by atoms with van der Waals surface area (Å²) in [4.78, 5) is 12.0. The van der Waals surface area contributed by atoms with Gasteiger partial charge in [-0.1, -0.05) is 26.2 Å². The molecule has 124 valence electrons. The summed E-state index contributed by atoms with van der Waals surface area (Å²) in [5, 5.41) is 2.87. The maximum absolute atomic E-state index is 12.0. The van der Waals surface area contributed by atoms with Gasteiger partial charge in [-0.3, -0.25) is 4.79 Å². The van der Waals surface area contributed by atoms with Gasteiger partial charge in [-0.2, -0.15) is 0 Å². The van der Waals surface area contributed by atoms with Crippen LogP contribution in [0.1, 0.15) is 49.4 Å². The van der Waals surface area contributed by atoms with Gasteiger partial charge in [0, 0.05) is 25.8 Å². The highest BCUT2D eigenvalue weighted by Crippen LogP contribution is 2.26. The van der Waals surface area contributed by atoms with Crippen molar-refractivity contribution in [3.05, 3.63) is 28.2 Å². The molecule has 1 aromatic rings. The van der Waals surface area contributed by atoms with E-state index in [-0.39, 0.29) is 5.91 Å². The van der Waals surface area contributed by atoms with E-state index in [1.165, 1.54) is 19.3 Å². The zero-order valence-electron chi connectivity index (χ0n) is 13.5. The number of carbonyl (C=O) groups is 1. The molecule has 22 heavy (non-hydrogen) atoms. The highest BCUT2D eigenvalue weighted by molar-refractivity contribution is 9.10. The van der Waals surface area contributed by atoms with E-state index in [1.54, 1.807) is 19.2 Å². The minimum Gasteiger partial charge on any atom is -0.492 e. The second kappa shape index (κ2) is 11.5. The van der Waals surface area contributed by atoms with Crippen molar-refractivity contribution in [3.63, 3.8) is 0 Å². The molecule has 0 aliphatic rings. The van der Waals surface area contributed by atoms with E-state index in [0.29, 0.717) is 25.3 Å². The van der Waals surface area contributed by atoms with E-state index < -0.39 is 0 Å². The minimum atomic E-state index is -0.0775. The fourth-order valence-corrected chi connectivity index (χ4v) is 2.48. The quantitative estimate of drug-likeness (QED) is 0.593. The van der Waals surface area contributed by atoms with Gasteiger partial charge in [-0.25, -0.2) is 0 Å². The maximum atomic E-state index is 12.0. The van der Waals surface area contributed by atoms with Gasteiger partial charge in [-0.15, -0.1) is 0 Å². The van der Waals surface area contributed by atoms with Crippen LogP contribution in [0.2, 0.25) is 0 Å². The first-order valence-corrected chi connectivity index (χ1v) is 8.67. The Morgan fingerprint density at radius 2 is 2.00 bits per heavy atom. The number of rotatable bonds is 11. The summed E-state index contributed by atoms with van der Waals surface area (Å²) in [5.74, 6) is 0.707. The van der Waals surface area contributed by atoms with Gasteiger partial charge in [0.25, 0.3) is 5.91 Å². The molecule has 0 spiro atoms. The van der Waals surface area contributed by atoms with Crippen molar-refractivity contribution in [2.45, 2.75) is 39.0 Å². The molecule has 1 aromatic carbocycles. The Balaban J connectivity index is 2.41. The minimum absolute atomic E-state index is 0.0775. The van der Waals surface area contributed by atoms with Crippen LogP contribution in [0, 0.1) is 0 Å². The van der Waals surface area contributed by atoms with Gasteiger partial charge in [0.1, 0.15) is 5.75 Å². The van der Waals surface area contributed by atoms with E-state index in [2.05, 4.69) is 28.2 Å². The normalized spacial score (nSPS) is 10.5. The van der Waals surface area contributed by atoms with Gasteiger partial charge >= 0.3 is 0 Å². The molecule has 0 bridgehead atoms. The molecule has 0 unspecified atom stereocenters. The molecule has 5 heteroatoms. The average molecular weight is 372 g/mol. The van der Waals surface area contributed by atoms with Crippen molar-refractivity contribution in [2.75, 3.05) is 26.9 Å². The Labute approximate surface area is 141 Å². The van der Waals surface area contributed by atoms with Crippen molar-refractivity contribution in [3.8, 4) is 5.75 Å². The molecule has 0 aromatic heterocycles. The molecule has 1 amide bonds. The Bertz CT molecular complexity index is 452.